The quantitative estimate of drug-likeness (QED) is 0.660. The molecule has 0 aliphatic carbocycles. The lowest BCUT2D eigenvalue weighted by molar-refractivity contribution is -0.383. The van der Waals surface area contributed by atoms with E-state index in [1.165, 1.54) is 6.33 Å². The molecule has 24 heavy (non-hydrogen) atoms. The van der Waals surface area contributed by atoms with Crippen molar-refractivity contribution >= 4 is 34.6 Å². The third-order valence-electron chi connectivity index (χ3n) is 4.00. The molecule has 8 heteroatoms. The van der Waals surface area contributed by atoms with Crippen LogP contribution in [-0.2, 0) is 0 Å². The van der Waals surface area contributed by atoms with E-state index in [9.17, 15) is 10.1 Å². The standard InChI is InChI=1S/C16H18ClN5O2/c17-12-5-7-13(8-6-12)20-15-14(22(23)24)16(19-11-18-15)21-9-3-1-2-4-10-21/h5-8,11H,1-4,9-10H2,(H,18,19,20). The van der Waals surface area contributed by atoms with Gasteiger partial charge >= 0.3 is 5.69 Å². The number of benzene rings is 1. The lowest BCUT2D eigenvalue weighted by atomic mass is 10.2. The molecule has 0 radical (unpaired) electrons. The van der Waals surface area contributed by atoms with Crippen LogP contribution in [0.3, 0.4) is 0 Å². The molecule has 3 rings (SSSR count). The second-order valence-corrected chi connectivity index (χ2v) is 6.12. The van der Waals surface area contributed by atoms with Crippen molar-refractivity contribution in [1.29, 1.82) is 0 Å². The predicted octanol–water partition coefficient (Wildman–Crippen LogP) is 4.16. The van der Waals surface area contributed by atoms with E-state index in [1.54, 1.807) is 24.3 Å². The SMILES string of the molecule is O=[N+]([O-])c1c(Nc2ccc(Cl)cc2)ncnc1N1CCCCCC1. The zero-order valence-electron chi connectivity index (χ0n) is 13.1. The van der Waals surface area contributed by atoms with Crippen molar-refractivity contribution < 1.29 is 4.92 Å². The Morgan fingerprint density at radius 3 is 2.38 bits per heavy atom. The van der Waals surface area contributed by atoms with E-state index in [0.717, 1.165) is 38.8 Å². The monoisotopic (exact) mass is 347 g/mol. The molecule has 0 atom stereocenters. The van der Waals surface area contributed by atoms with Gasteiger partial charge in [0.25, 0.3) is 0 Å². The average Bonchev–Trinajstić information content (AvgIpc) is 2.86. The topological polar surface area (TPSA) is 84.2 Å². The minimum absolute atomic E-state index is 0.0886. The van der Waals surface area contributed by atoms with Crippen molar-refractivity contribution in [3.05, 3.63) is 45.7 Å². The summed E-state index contributed by atoms with van der Waals surface area (Å²) in [5.41, 5.74) is 0.595. The fourth-order valence-corrected chi connectivity index (χ4v) is 2.94. The van der Waals surface area contributed by atoms with Gasteiger partial charge in [-0.25, -0.2) is 9.97 Å². The van der Waals surface area contributed by atoms with Crippen molar-refractivity contribution in [2.45, 2.75) is 25.7 Å². The zero-order chi connectivity index (χ0) is 16.9. The lowest BCUT2D eigenvalue weighted by Crippen LogP contribution is -2.26. The zero-order valence-corrected chi connectivity index (χ0v) is 13.9. The van der Waals surface area contributed by atoms with Gasteiger partial charge in [0.1, 0.15) is 6.33 Å². The largest absolute Gasteiger partial charge is 0.353 e. The second kappa shape index (κ2) is 7.44. The summed E-state index contributed by atoms with van der Waals surface area (Å²) in [6, 6.07) is 6.93. The van der Waals surface area contributed by atoms with E-state index in [1.807, 2.05) is 4.90 Å². The Hall–Kier alpha value is -2.41. The predicted molar refractivity (Wildman–Crippen MR) is 94.1 cm³/mol. The van der Waals surface area contributed by atoms with Crippen LogP contribution < -0.4 is 10.2 Å². The maximum Gasteiger partial charge on any atom is 0.353 e. The number of hydrogen-bond donors (Lipinski definition) is 1. The molecule has 2 heterocycles. The molecule has 0 amide bonds. The Bertz CT molecular complexity index is 715. The van der Waals surface area contributed by atoms with E-state index >= 15 is 0 Å². The molecule has 1 aromatic carbocycles. The van der Waals surface area contributed by atoms with Crippen LogP contribution in [0.25, 0.3) is 0 Å². The van der Waals surface area contributed by atoms with Gasteiger partial charge < -0.3 is 10.2 Å². The van der Waals surface area contributed by atoms with Gasteiger partial charge in [-0.1, -0.05) is 24.4 Å². The van der Waals surface area contributed by atoms with Crippen LogP contribution in [-0.4, -0.2) is 28.0 Å². The summed E-state index contributed by atoms with van der Waals surface area (Å²) in [7, 11) is 0. The molecule has 1 saturated heterocycles. The average molecular weight is 348 g/mol. The first-order valence-corrected chi connectivity index (χ1v) is 8.30. The van der Waals surface area contributed by atoms with Crippen LogP contribution >= 0.6 is 11.6 Å². The number of anilines is 3. The molecule has 1 N–H and O–H groups in total. The first kappa shape index (κ1) is 16.4. The summed E-state index contributed by atoms with van der Waals surface area (Å²) >= 11 is 5.87. The molecular weight excluding hydrogens is 330 g/mol. The van der Waals surface area contributed by atoms with Crippen molar-refractivity contribution in [3.8, 4) is 0 Å². The van der Waals surface area contributed by atoms with Crippen molar-refractivity contribution in [3.63, 3.8) is 0 Å². The second-order valence-electron chi connectivity index (χ2n) is 5.68. The summed E-state index contributed by atoms with van der Waals surface area (Å²) in [6.45, 7) is 1.55. The van der Waals surface area contributed by atoms with Crippen LogP contribution in [0.15, 0.2) is 30.6 Å². The van der Waals surface area contributed by atoms with Gasteiger partial charge in [0.15, 0.2) is 0 Å². The van der Waals surface area contributed by atoms with E-state index in [4.69, 9.17) is 11.6 Å². The number of nitro groups is 1. The molecule has 0 bridgehead atoms. The summed E-state index contributed by atoms with van der Waals surface area (Å²) < 4.78 is 0. The molecule has 1 fully saturated rings. The molecule has 0 unspecified atom stereocenters. The summed E-state index contributed by atoms with van der Waals surface area (Å²) in [6.07, 6.45) is 5.68. The molecule has 0 spiro atoms. The Morgan fingerprint density at radius 1 is 1.08 bits per heavy atom. The van der Waals surface area contributed by atoms with Gasteiger partial charge in [-0.05, 0) is 37.1 Å². The molecule has 7 nitrogen and oxygen atoms in total. The Kier molecular flexibility index (Phi) is 5.10. The molecular formula is C16H18ClN5O2. The van der Waals surface area contributed by atoms with Gasteiger partial charge in [-0.15, -0.1) is 0 Å². The minimum atomic E-state index is -0.418. The maximum absolute atomic E-state index is 11.7. The lowest BCUT2D eigenvalue weighted by Gasteiger charge is -2.21. The van der Waals surface area contributed by atoms with Crippen LogP contribution in [0, 0.1) is 10.1 Å². The minimum Gasteiger partial charge on any atom is -0.351 e. The van der Waals surface area contributed by atoms with Gasteiger partial charge in [-0.3, -0.25) is 10.1 Å². The number of halogens is 1. The van der Waals surface area contributed by atoms with E-state index in [-0.39, 0.29) is 11.5 Å². The summed E-state index contributed by atoms with van der Waals surface area (Å²) in [5.74, 6) is 0.574. The number of nitrogens with zero attached hydrogens (tertiary/aromatic N) is 4. The van der Waals surface area contributed by atoms with Crippen LogP contribution in [0.4, 0.5) is 23.0 Å². The number of nitrogens with one attached hydrogen (secondary N) is 1. The smallest absolute Gasteiger partial charge is 0.351 e. The number of rotatable bonds is 4. The van der Waals surface area contributed by atoms with Crippen molar-refractivity contribution in [1.82, 2.24) is 9.97 Å². The first-order valence-electron chi connectivity index (χ1n) is 7.92. The fourth-order valence-electron chi connectivity index (χ4n) is 2.81. The van der Waals surface area contributed by atoms with Crippen LogP contribution in [0.2, 0.25) is 5.02 Å². The third kappa shape index (κ3) is 3.73. The van der Waals surface area contributed by atoms with Gasteiger partial charge in [0.05, 0.1) is 4.92 Å². The highest BCUT2D eigenvalue weighted by Crippen LogP contribution is 2.34. The van der Waals surface area contributed by atoms with E-state index in [2.05, 4.69) is 15.3 Å². The normalized spacial score (nSPS) is 15.0. The van der Waals surface area contributed by atoms with Gasteiger partial charge in [0, 0.05) is 23.8 Å². The van der Waals surface area contributed by atoms with Gasteiger partial charge in [-0.2, -0.15) is 0 Å². The van der Waals surface area contributed by atoms with Crippen LogP contribution in [0.5, 0.6) is 0 Å². The van der Waals surface area contributed by atoms with E-state index in [0.29, 0.717) is 16.5 Å². The Labute approximate surface area is 144 Å². The Morgan fingerprint density at radius 2 is 1.75 bits per heavy atom. The van der Waals surface area contributed by atoms with Crippen LogP contribution in [0.1, 0.15) is 25.7 Å². The molecule has 1 aromatic heterocycles. The maximum atomic E-state index is 11.7. The van der Waals surface area contributed by atoms with E-state index < -0.39 is 4.92 Å². The molecule has 1 aliphatic heterocycles. The number of hydrogen-bond acceptors (Lipinski definition) is 6. The van der Waals surface area contributed by atoms with Crippen molar-refractivity contribution in [2.75, 3.05) is 23.3 Å². The molecule has 0 saturated carbocycles. The highest BCUT2D eigenvalue weighted by atomic mass is 35.5. The fraction of sp³-hybridized carbons (Fsp3) is 0.375. The molecule has 2 aromatic rings. The number of aromatic nitrogens is 2. The molecule has 126 valence electrons. The summed E-state index contributed by atoms with van der Waals surface area (Å²) in [5, 5.41) is 15.3. The van der Waals surface area contributed by atoms with Crippen molar-refractivity contribution in [2.24, 2.45) is 0 Å². The first-order chi connectivity index (χ1) is 11.6. The Balaban J connectivity index is 1.95. The van der Waals surface area contributed by atoms with Gasteiger partial charge in [0.2, 0.25) is 11.6 Å². The summed E-state index contributed by atoms with van der Waals surface area (Å²) in [4.78, 5) is 21.5. The highest BCUT2D eigenvalue weighted by Gasteiger charge is 2.27. The molecule has 1 aliphatic rings. The highest BCUT2D eigenvalue weighted by molar-refractivity contribution is 6.30. The third-order valence-corrected chi connectivity index (χ3v) is 4.25.